The quantitative estimate of drug-likeness (QED) is 0.905. The highest BCUT2D eigenvalue weighted by molar-refractivity contribution is 7.13. The van der Waals surface area contributed by atoms with E-state index in [-0.39, 0.29) is 5.82 Å². The molecular formula is C12H14FN3OS. The van der Waals surface area contributed by atoms with Crippen molar-refractivity contribution in [1.82, 2.24) is 15.5 Å². The van der Waals surface area contributed by atoms with Crippen LogP contribution < -0.4 is 10.1 Å². The van der Waals surface area contributed by atoms with E-state index >= 15 is 0 Å². The summed E-state index contributed by atoms with van der Waals surface area (Å²) in [6.07, 6.45) is 0. The molecule has 6 heteroatoms. The van der Waals surface area contributed by atoms with Gasteiger partial charge in [-0.3, -0.25) is 0 Å². The van der Waals surface area contributed by atoms with E-state index in [0.29, 0.717) is 17.5 Å². The zero-order chi connectivity index (χ0) is 13.0. The zero-order valence-corrected chi connectivity index (χ0v) is 11.1. The number of hydrogen-bond donors (Lipinski definition) is 1. The highest BCUT2D eigenvalue weighted by Gasteiger charge is 2.08. The van der Waals surface area contributed by atoms with Gasteiger partial charge < -0.3 is 10.1 Å². The number of nitrogens with one attached hydrogen (secondary N) is 1. The van der Waals surface area contributed by atoms with Crippen molar-refractivity contribution < 1.29 is 9.13 Å². The molecule has 0 bridgehead atoms. The maximum absolute atomic E-state index is 13.1. The molecule has 0 amide bonds. The van der Waals surface area contributed by atoms with Crippen LogP contribution in [0.5, 0.6) is 10.9 Å². The first-order chi connectivity index (χ1) is 8.69. The van der Waals surface area contributed by atoms with Crippen molar-refractivity contribution in [1.29, 1.82) is 0 Å². The third-order valence-electron chi connectivity index (χ3n) is 2.32. The van der Waals surface area contributed by atoms with Crippen molar-refractivity contribution >= 4 is 11.3 Å². The molecule has 0 spiro atoms. The number of benzene rings is 1. The Hall–Kier alpha value is -1.53. The second kappa shape index (κ2) is 5.88. The highest BCUT2D eigenvalue weighted by Crippen LogP contribution is 2.28. The molecule has 4 nitrogen and oxygen atoms in total. The van der Waals surface area contributed by atoms with Gasteiger partial charge in [0.1, 0.15) is 16.6 Å². The van der Waals surface area contributed by atoms with Crippen LogP contribution in [0.4, 0.5) is 4.39 Å². The number of rotatable bonds is 5. The molecule has 1 N–H and O–H groups in total. The first-order valence-electron chi connectivity index (χ1n) is 5.66. The fourth-order valence-electron chi connectivity index (χ4n) is 1.36. The number of aryl methyl sites for hydroxylation is 1. The Kier molecular flexibility index (Phi) is 4.22. The molecule has 0 aliphatic rings. The van der Waals surface area contributed by atoms with Gasteiger partial charge in [0.15, 0.2) is 0 Å². The summed E-state index contributed by atoms with van der Waals surface area (Å²) in [7, 11) is 0. The van der Waals surface area contributed by atoms with Crippen LogP contribution in [-0.2, 0) is 6.54 Å². The summed E-state index contributed by atoms with van der Waals surface area (Å²) < 4.78 is 18.6. The van der Waals surface area contributed by atoms with Crippen molar-refractivity contribution in [2.75, 3.05) is 6.54 Å². The van der Waals surface area contributed by atoms with Crippen LogP contribution in [-0.4, -0.2) is 16.7 Å². The lowest BCUT2D eigenvalue weighted by molar-refractivity contribution is 0.464. The highest BCUT2D eigenvalue weighted by atomic mass is 32.1. The first-order valence-corrected chi connectivity index (χ1v) is 6.47. The molecule has 0 fully saturated rings. The zero-order valence-electron chi connectivity index (χ0n) is 10.2. The summed E-state index contributed by atoms with van der Waals surface area (Å²) in [5, 5.41) is 12.3. The summed E-state index contributed by atoms with van der Waals surface area (Å²) in [4.78, 5) is 0. The lowest BCUT2D eigenvalue weighted by atomic mass is 10.2. The van der Waals surface area contributed by atoms with Crippen LogP contribution in [0.1, 0.15) is 17.5 Å². The monoisotopic (exact) mass is 267 g/mol. The van der Waals surface area contributed by atoms with Gasteiger partial charge in [0, 0.05) is 12.6 Å². The van der Waals surface area contributed by atoms with Crippen molar-refractivity contribution in [3.63, 3.8) is 0 Å². The van der Waals surface area contributed by atoms with Gasteiger partial charge in [0.05, 0.1) is 0 Å². The van der Waals surface area contributed by atoms with E-state index < -0.39 is 0 Å². The summed E-state index contributed by atoms with van der Waals surface area (Å²) in [5.74, 6) is 0.147. The van der Waals surface area contributed by atoms with E-state index in [2.05, 4.69) is 15.5 Å². The van der Waals surface area contributed by atoms with Gasteiger partial charge in [-0.1, -0.05) is 29.4 Å². The molecule has 0 unspecified atom stereocenters. The average Bonchev–Trinajstić information content (AvgIpc) is 2.79. The number of halogens is 1. The van der Waals surface area contributed by atoms with Gasteiger partial charge in [-0.25, -0.2) is 4.39 Å². The topological polar surface area (TPSA) is 47.0 Å². The van der Waals surface area contributed by atoms with Gasteiger partial charge in [-0.15, -0.1) is 5.10 Å². The predicted molar refractivity (Wildman–Crippen MR) is 68.5 cm³/mol. The summed E-state index contributed by atoms with van der Waals surface area (Å²) in [6, 6.07) is 4.42. The van der Waals surface area contributed by atoms with E-state index in [1.54, 1.807) is 6.07 Å². The van der Waals surface area contributed by atoms with Crippen molar-refractivity contribution in [2.45, 2.75) is 20.4 Å². The summed E-state index contributed by atoms with van der Waals surface area (Å²) >= 11 is 1.35. The van der Waals surface area contributed by atoms with Gasteiger partial charge in [0.2, 0.25) is 0 Å². The van der Waals surface area contributed by atoms with Crippen LogP contribution >= 0.6 is 11.3 Å². The Balaban J connectivity index is 2.08. The van der Waals surface area contributed by atoms with E-state index in [9.17, 15) is 4.39 Å². The Morgan fingerprint density at radius 2 is 2.22 bits per heavy atom. The lowest BCUT2D eigenvalue weighted by Gasteiger charge is -2.04. The molecule has 1 aromatic heterocycles. The average molecular weight is 267 g/mol. The minimum Gasteiger partial charge on any atom is -0.429 e. The fraction of sp³-hybridized carbons (Fsp3) is 0.333. The minimum absolute atomic E-state index is 0.326. The van der Waals surface area contributed by atoms with Crippen molar-refractivity contribution in [3.05, 3.63) is 34.6 Å². The molecule has 1 aromatic carbocycles. The first kappa shape index (κ1) is 12.9. The van der Waals surface area contributed by atoms with Crippen molar-refractivity contribution in [3.8, 4) is 10.9 Å². The van der Waals surface area contributed by atoms with Gasteiger partial charge in [-0.05, 0) is 25.1 Å². The number of aromatic nitrogens is 2. The maximum atomic E-state index is 13.1. The van der Waals surface area contributed by atoms with Gasteiger partial charge >= 0.3 is 0 Å². The fourth-order valence-corrected chi connectivity index (χ4v) is 2.03. The van der Waals surface area contributed by atoms with Gasteiger partial charge in [0.25, 0.3) is 5.19 Å². The third kappa shape index (κ3) is 3.24. The Labute approximate surface area is 109 Å². The van der Waals surface area contributed by atoms with Crippen LogP contribution in [0.15, 0.2) is 18.2 Å². The molecule has 18 heavy (non-hydrogen) atoms. The molecule has 0 atom stereocenters. The van der Waals surface area contributed by atoms with E-state index in [1.807, 2.05) is 13.8 Å². The second-order valence-electron chi connectivity index (χ2n) is 3.75. The normalized spacial score (nSPS) is 10.6. The molecule has 0 aliphatic carbocycles. The molecule has 96 valence electrons. The largest absolute Gasteiger partial charge is 0.429 e. The number of nitrogens with zero attached hydrogens (tertiary/aromatic N) is 2. The number of ether oxygens (including phenoxy) is 1. The second-order valence-corrected chi connectivity index (χ2v) is 4.78. The standard InChI is InChI=1S/C12H14FN3OS/c1-3-14-7-11-15-16-12(18-11)17-10-6-9(13)5-4-8(10)2/h4-6,14H,3,7H2,1-2H3. The summed E-state index contributed by atoms with van der Waals surface area (Å²) in [5.41, 5.74) is 0.861. The minimum atomic E-state index is -0.326. The number of hydrogen-bond acceptors (Lipinski definition) is 5. The Bertz CT molecular complexity index is 530. The summed E-state index contributed by atoms with van der Waals surface area (Å²) in [6.45, 7) is 5.42. The van der Waals surface area contributed by atoms with Crippen LogP contribution in [0, 0.1) is 12.7 Å². The Morgan fingerprint density at radius 3 is 3.00 bits per heavy atom. The molecule has 0 saturated carbocycles. The molecule has 1 heterocycles. The van der Waals surface area contributed by atoms with Crippen LogP contribution in [0.25, 0.3) is 0 Å². The molecule has 2 rings (SSSR count). The van der Waals surface area contributed by atoms with Crippen LogP contribution in [0.2, 0.25) is 0 Å². The van der Waals surface area contributed by atoms with Gasteiger partial charge in [-0.2, -0.15) is 0 Å². The maximum Gasteiger partial charge on any atom is 0.299 e. The van der Waals surface area contributed by atoms with E-state index in [0.717, 1.165) is 17.1 Å². The molecule has 0 radical (unpaired) electrons. The molecule has 0 aliphatic heterocycles. The third-order valence-corrected chi connectivity index (χ3v) is 3.12. The smallest absolute Gasteiger partial charge is 0.299 e. The molecular weight excluding hydrogens is 253 g/mol. The van der Waals surface area contributed by atoms with E-state index in [4.69, 9.17) is 4.74 Å². The van der Waals surface area contributed by atoms with E-state index in [1.165, 1.54) is 23.5 Å². The Morgan fingerprint density at radius 1 is 1.39 bits per heavy atom. The predicted octanol–water partition coefficient (Wildman–Crippen LogP) is 2.89. The van der Waals surface area contributed by atoms with Crippen molar-refractivity contribution in [2.24, 2.45) is 0 Å². The lowest BCUT2D eigenvalue weighted by Crippen LogP contribution is -2.11. The SMILES string of the molecule is CCNCc1nnc(Oc2cc(F)ccc2C)s1. The molecule has 2 aromatic rings. The van der Waals surface area contributed by atoms with Crippen LogP contribution in [0.3, 0.4) is 0 Å². The molecule has 0 saturated heterocycles.